The lowest BCUT2D eigenvalue weighted by molar-refractivity contribution is -0.129. The molecule has 0 fully saturated rings. The van der Waals surface area contributed by atoms with E-state index in [0.29, 0.717) is 6.54 Å². The van der Waals surface area contributed by atoms with Crippen LogP contribution in [0, 0.1) is 5.92 Å². The van der Waals surface area contributed by atoms with Gasteiger partial charge in [0.1, 0.15) is 6.04 Å². The van der Waals surface area contributed by atoms with E-state index in [1.807, 2.05) is 38.2 Å². The van der Waals surface area contributed by atoms with E-state index in [-0.39, 0.29) is 17.7 Å². The van der Waals surface area contributed by atoms with Crippen molar-refractivity contribution in [3.63, 3.8) is 0 Å². The quantitative estimate of drug-likeness (QED) is 0.763. The highest BCUT2D eigenvalue weighted by molar-refractivity contribution is 5.87. The molecule has 2 aromatic rings. The first-order valence-electron chi connectivity index (χ1n) is 7.59. The van der Waals surface area contributed by atoms with Crippen LogP contribution in [0.25, 0.3) is 10.9 Å². The number of amides is 2. The Bertz CT molecular complexity index is 661. The first kappa shape index (κ1) is 16.1. The van der Waals surface area contributed by atoms with Crippen molar-refractivity contribution in [3.8, 4) is 0 Å². The van der Waals surface area contributed by atoms with E-state index in [9.17, 15) is 9.59 Å². The molecule has 1 heterocycles. The summed E-state index contributed by atoms with van der Waals surface area (Å²) in [5.41, 5.74) is 2.28. The highest BCUT2D eigenvalue weighted by Gasteiger charge is 2.22. The number of para-hydroxylation sites is 1. The van der Waals surface area contributed by atoms with Gasteiger partial charge in [-0.2, -0.15) is 0 Å². The number of rotatable bonds is 6. The molecular formula is C17H23N3O2. The van der Waals surface area contributed by atoms with Crippen LogP contribution in [0.1, 0.15) is 26.3 Å². The van der Waals surface area contributed by atoms with Crippen LogP contribution in [-0.2, 0) is 16.0 Å². The summed E-state index contributed by atoms with van der Waals surface area (Å²) in [6, 6.07) is 7.61. The molecule has 22 heavy (non-hydrogen) atoms. The van der Waals surface area contributed by atoms with Crippen LogP contribution >= 0.6 is 0 Å². The average Bonchev–Trinajstić information content (AvgIpc) is 2.87. The van der Waals surface area contributed by atoms with E-state index in [4.69, 9.17) is 0 Å². The zero-order valence-corrected chi connectivity index (χ0v) is 13.3. The number of hydrogen-bond acceptors (Lipinski definition) is 2. The van der Waals surface area contributed by atoms with Crippen LogP contribution in [0.3, 0.4) is 0 Å². The van der Waals surface area contributed by atoms with Crippen molar-refractivity contribution in [1.29, 1.82) is 0 Å². The number of fused-ring (bicyclic) bond motifs is 1. The molecule has 5 nitrogen and oxygen atoms in total. The standard InChI is InChI=1S/C17H23N3O2/c1-11(2)16(20-12(3)21)17(22)18-9-8-13-10-19-15-7-5-4-6-14(13)15/h4-7,10-11,16,19H,8-9H2,1-3H3,(H,18,22)(H,20,21)/t16-/m0/s1. The summed E-state index contributed by atoms with van der Waals surface area (Å²) in [5, 5.41) is 6.78. The van der Waals surface area contributed by atoms with Gasteiger partial charge >= 0.3 is 0 Å². The van der Waals surface area contributed by atoms with Crippen LogP contribution in [0.2, 0.25) is 0 Å². The van der Waals surface area contributed by atoms with E-state index in [1.54, 1.807) is 0 Å². The van der Waals surface area contributed by atoms with Crippen LogP contribution in [0.5, 0.6) is 0 Å². The van der Waals surface area contributed by atoms with Crippen molar-refractivity contribution >= 4 is 22.7 Å². The summed E-state index contributed by atoms with van der Waals surface area (Å²) in [4.78, 5) is 26.6. The number of H-pyrrole nitrogens is 1. The lowest BCUT2D eigenvalue weighted by Crippen LogP contribution is -2.49. The monoisotopic (exact) mass is 301 g/mol. The summed E-state index contributed by atoms with van der Waals surface area (Å²) >= 11 is 0. The maximum atomic E-state index is 12.2. The van der Waals surface area contributed by atoms with Crippen LogP contribution < -0.4 is 10.6 Å². The zero-order chi connectivity index (χ0) is 16.1. The molecule has 0 saturated carbocycles. The minimum Gasteiger partial charge on any atom is -0.361 e. The molecule has 3 N–H and O–H groups in total. The molecule has 0 saturated heterocycles. The van der Waals surface area contributed by atoms with Crippen molar-refractivity contribution in [2.24, 2.45) is 5.92 Å². The number of carbonyl (C=O) groups is 2. The van der Waals surface area contributed by atoms with Crippen molar-refractivity contribution in [1.82, 2.24) is 15.6 Å². The first-order chi connectivity index (χ1) is 10.5. The van der Waals surface area contributed by atoms with Crippen molar-refractivity contribution < 1.29 is 9.59 Å². The smallest absolute Gasteiger partial charge is 0.242 e. The van der Waals surface area contributed by atoms with Crippen molar-refractivity contribution in [2.45, 2.75) is 33.2 Å². The molecule has 2 amide bonds. The zero-order valence-electron chi connectivity index (χ0n) is 13.3. The third-order valence-electron chi connectivity index (χ3n) is 3.68. The van der Waals surface area contributed by atoms with Crippen LogP contribution in [-0.4, -0.2) is 29.4 Å². The van der Waals surface area contributed by atoms with Gasteiger partial charge in [0.2, 0.25) is 11.8 Å². The molecule has 2 rings (SSSR count). The van der Waals surface area contributed by atoms with Gasteiger partial charge in [-0.1, -0.05) is 32.0 Å². The predicted molar refractivity (Wildman–Crippen MR) is 87.5 cm³/mol. The van der Waals surface area contributed by atoms with E-state index >= 15 is 0 Å². The minimum atomic E-state index is -0.486. The van der Waals surface area contributed by atoms with Gasteiger partial charge in [0, 0.05) is 30.6 Å². The summed E-state index contributed by atoms with van der Waals surface area (Å²) in [7, 11) is 0. The molecule has 0 aliphatic carbocycles. The SMILES string of the molecule is CC(=O)N[C@H](C(=O)NCCc1c[nH]c2ccccc12)C(C)C. The van der Waals surface area contributed by atoms with Crippen molar-refractivity contribution in [3.05, 3.63) is 36.0 Å². The molecule has 1 aromatic heterocycles. The first-order valence-corrected chi connectivity index (χ1v) is 7.59. The van der Waals surface area contributed by atoms with Gasteiger partial charge in [-0.05, 0) is 24.0 Å². The van der Waals surface area contributed by atoms with E-state index in [2.05, 4.69) is 21.7 Å². The second-order valence-corrected chi connectivity index (χ2v) is 5.82. The second kappa shape index (κ2) is 7.11. The van der Waals surface area contributed by atoms with Gasteiger partial charge in [0.05, 0.1) is 0 Å². The Morgan fingerprint density at radius 1 is 1.23 bits per heavy atom. The normalized spacial score (nSPS) is 12.4. The molecule has 5 heteroatoms. The molecule has 1 atom stereocenters. The van der Waals surface area contributed by atoms with Gasteiger partial charge < -0.3 is 15.6 Å². The molecule has 0 bridgehead atoms. The topological polar surface area (TPSA) is 74.0 Å². The molecule has 0 spiro atoms. The average molecular weight is 301 g/mol. The molecule has 0 aliphatic rings. The number of aromatic nitrogens is 1. The molecule has 0 radical (unpaired) electrons. The Balaban J connectivity index is 1.92. The fraction of sp³-hybridized carbons (Fsp3) is 0.412. The lowest BCUT2D eigenvalue weighted by atomic mass is 10.0. The van der Waals surface area contributed by atoms with Gasteiger partial charge in [-0.15, -0.1) is 0 Å². The summed E-state index contributed by atoms with van der Waals surface area (Å²) in [6.45, 7) is 5.80. The number of nitrogens with one attached hydrogen (secondary N) is 3. The predicted octanol–water partition coefficient (Wildman–Crippen LogP) is 1.99. The largest absolute Gasteiger partial charge is 0.361 e. The summed E-state index contributed by atoms with van der Waals surface area (Å²) < 4.78 is 0. The molecule has 0 unspecified atom stereocenters. The third kappa shape index (κ3) is 3.87. The lowest BCUT2D eigenvalue weighted by Gasteiger charge is -2.20. The van der Waals surface area contributed by atoms with Crippen LogP contribution in [0.4, 0.5) is 0 Å². The molecule has 1 aromatic carbocycles. The number of benzene rings is 1. The molecule has 118 valence electrons. The fourth-order valence-corrected chi connectivity index (χ4v) is 2.52. The van der Waals surface area contributed by atoms with E-state index in [1.165, 1.54) is 17.9 Å². The highest BCUT2D eigenvalue weighted by atomic mass is 16.2. The maximum absolute atomic E-state index is 12.2. The Hall–Kier alpha value is -2.30. The Morgan fingerprint density at radius 2 is 1.95 bits per heavy atom. The number of hydrogen-bond donors (Lipinski definition) is 3. The number of aromatic amines is 1. The van der Waals surface area contributed by atoms with E-state index in [0.717, 1.165) is 11.9 Å². The van der Waals surface area contributed by atoms with E-state index < -0.39 is 6.04 Å². The summed E-state index contributed by atoms with van der Waals surface area (Å²) in [5.74, 6) is -0.271. The minimum absolute atomic E-state index is 0.0528. The van der Waals surface area contributed by atoms with Gasteiger partial charge in [0.25, 0.3) is 0 Å². The fourth-order valence-electron chi connectivity index (χ4n) is 2.52. The van der Waals surface area contributed by atoms with Crippen LogP contribution in [0.15, 0.2) is 30.5 Å². The second-order valence-electron chi connectivity index (χ2n) is 5.82. The van der Waals surface area contributed by atoms with Gasteiger partial charge in [0.15, 0.2) is 0 Å². The van der Waals surface area contributed by atoms with Gasteiger partial charge in [-0.3, -0.25) is 9.59 Å². The molecular weight excluding hydrogens is 278 g/mol. The van der Waals surface area contributed by atoms with Crippen molar-refractivity contribution in [2.75, 3.05) is 6.54 Å². The highest BCUT2D eigenvalue weighted by Crippen LogP contribution is 2.17. The Kier molecular flexibility index (Phi) is 5.20. The Morgan fingerprint density at radius 3 is 2.64 bits per heavy atom. The van der Waals surface area contributed by atoms with Gasteiger partial charge in [-0.25, -0.2) is 0 Å². The third-order valence-corrected chi connectivity index (χ3v) is 3.68. The summed E-state index contributed by atoms with van der Waals surface area (Å²) in [6.07, 6.45) is 2.73. The number of carbonyl (C=O) groups excluding carboxylic acids is 2. The Labute approximate surface area is 130 Å². The molecule has 0 aliphatic heterocycles. The maximum Gasteiger partial charge on any atom is 0.242 e.